The highest BCUT2D eigenvalue weighted by Gasteiger charge is 2.28. The van der Waals surface area contributed by atoms with Crippen LogP contribution in [0.25, 0.3) is 0 Å². The van der Waals surface area contributed by atoms with Crippen molar-refractivity contribution < 1.29 is 17.9 Å². The Labute approximate surface area is 74.1 Å². The maximum Gasteiger partial charge on any atom is 0.422 e. The summed E-state index contributed by atoms with van der Waals surface area (Å²) in [5.41, 5.74) is 0.701. The van der Waals surface area contributed by atoms with Crippen molar-refractivity contribution in [2.45, 2.75) is 13.1 Å². The molecule has 4 heteroatoms. The number of hydrogen-bond acceptors (Lipinski definition) is 1. The van der Waals surface area contributed by atoms with Crippen molar-refractivity contribution in [3.05, 3.63) is 29.8 Å². The lowest BCUT2D eigenvalue weighted by molar-refractivity contribution is -0.153. The van der Waals surface area contributed by atoms with Crippen LogP contribution in [0.5, 0.6) is 5.75 Å². The van der Waals surface area contributed by atoms with Crippen molar-refractivity contribution in [2.24, 2.45) is 0 Å². The summed E-state index contributed by atoms with van der Waals surface area (Å²) in [6, 6.07) is 6.60. The summed E-state index contributed by atoms with van der Waals surface area (Å²) in [4.78, 5) is 0. The Morgan fingerprint density at radius 2 is 1.85 bits per heavy atom. The van der Waals surface area contributed by atoms with E-state index in [1.165, 1.54) is 6.07 Å². The molecule has 0 radical (unpaired) electrons. The van der Waals surface area contributed by atoms with E-state index in [0.29, 0.717) is 5.56 Å². The maximum atomic E-state index is 11.7. The molecule has 0 aliphatic carbocycles. The van der Waals surface area contributed by atoms with E-state index in [9.17, 15) is 13.2 Å². The zero-order valence-corrected chi connectivity index (χ0v) is 7.06. The lowest BCUT2D eigenvalue weighted by Crippen LogP contribution is -2.19. The third-order valence-electron chi connectivity index (χ3n) is 1.48. The first-order valence-electron chi connectivity index (χ1n) is 3.74. The summed E-state index contributed by atoms with van der Waals surface area (Å²) >= 11 is 0. The third-order valence-corrected chi connectivity index (χ3v) is 1.48. The van der Waals surface area contributed by atoms with Crippen molar-refractivity contribution in [3.63, 3.8) is 0 Å². The summed E-state index contributed by atoms with van der Waals surface area (Å²) in [5.74, 6) is 0.278. The fourth-order valence-electron chi connectivity index (χ4n) is 0.878. The topological polar surface area (TPSA) is 9.23 Å². The van der Waals surface area contributed by atoms with Crippen molar-refractivity contribution >= 4 is 0 Å². The SMILES string of the molecule is Cc1ccccc1OCC(F)(F)F. The molecule has 0 spiro atoms. The molecule has 13 heavy (non-hydrogen) atoms. The fraction of sp³-hybridized carbons (Fsp3) is 0.333. The Balaban J connectivity index is 2.60. The summed E-state index contributed by atoms with van der Waals surface area (Å²) in [7, 11) is 0. The first-order chi connectivity index (χ1) is 5.99. The fourth-order valence-corrected chi connectivity index (χ4v) is 0.878. The number of ether oxygens (including phenoxy) is 1. The monoisotopic (exact) mass is 190 g/mol. The number of alkyl halides is 3. The van der Waals surface area contributed by atoms with Gasteiger partial charge in [0.15, 0.2) is 6.61 Å². The van der Waals surface area contributed by atoms with Crippen LogP contribution in [0, 0.1) is 6.92 Å². The number of halogens is 3. The average Bonchev–Trinajstić information content (AvgIpc) is 2.01. The van der Waals surface area contributed by atoms with Crippen LogP contribution >= 0.6 is 0 Å². The summed E-state index contributed by atoms with van der Waals surface area (Å²) in [6.07, 6.45) is -4.28. The molecule has 0 aliphatic heterocycles. The minimum Gasteiger partial charge on any atom is -0.484 e. The van der Waals surface area contributed by atoms with Crippen molar-refractivity contribution in [2.75, 3.05) is 6.61 Å². The van der Waals surface area contributed by atoms with Crippen molar-refractivity contribution in [3.8, 4) is 5.75 Å². The molecule has 0 fully saturated rings. The molecule has 1 aromatic carbocycles. The summed E-state index contributed by atoms with van der Waals surface area (Å²) in [6.45, 7) is 0.462. The molecule has 0 saturated heterocycles. The number of para-hydroxylation sites is 1. The zero-order valence-electron chi connectivity index (χ0n) is 7.06. The predicted octanol–water partition coefficient (Wildman–Crippen LogP) is 2.94. The second-order valence-corrected chi connectivity index (χ2v) is 2.67. The van der Waals surface area contributed by atoms with E-state index in [1.54, 1.807) is 25.1 Å². The van der Waals surface area contributed by atoms with Crippen LogP contribution in [-0.2, 0) is 0 Å². The molecule has 1 aromatic rings. The molecular weight excluding hydrogens is 181 g/mol. The molecule has 0 unspecified atom stereocenters. The Morgan fingerprint density at radius 3 is 2.38 bits per heavy atom. The van der Waals surface area contributed by atoms with Gasteiger partial charge in [-0.15, -0.1) is 0 Å². The highest BCUT2D eigenvalue weighted by Crippen LogP contribution is 2.20. The van der Waals surface area contributed by atoms with Crippen molar-refractivity contribution in [1.29, 1.82) is 0 Å². The van der Waals surface area contributed by atoms with Gasteiger partial charge in [-0.2, -0.15) is 13.2 Å². The Kier molecular flexibility index (Phi) is 2.80. The van der Waals surface area contributed by atoms with Crippen LogP contribution in [0.2, 0.25) is 0 Å². The van der Waals surface area contributed by atoms with Gasteiger partial charge in [0, 0.05) is 0 Å². The molecular formula is C9H9F3O. The highest BCUT2D eigenvalue weighted by molar-refractivity contribution is 5.31. The van der Waals surface area contributed by atoms with Gasteiger partial charge in [-0.25, -0.2) is 0 Å². The molecule has 1 nitrogen and oxygen atoms in total. The second kappa shape index (κ2) is 3.68. The molecule has 0 saturated carbocycles. The molecule has 72 valence electrons. The van der Waals surface area contributed by atoms with Gasteiger partial charge in [0.05, 0.1) is 0 Å². The van der Waals surface area contributed by atoms with Gasteiger partial charge in [-0.1, -0.05) is 18.2 Å². The van der Waals surface area contributed by atoms with E-state index >= 15 is 0 Å². The van der Waals surface area contributed by atoms with Gasteiger partial charge < -0.3 is 4.74 Å². The van der Waals surface area contributed by atoms with Gasteiger partial charge in [-0.05, 0) is 18.6 Å². The molecule has 0 aromatic heterocycles. The highest BCUT2D eigenvalue weighted by atomic mass is 19.4. The van der Waals surface area contributed by atoms with Crippen LogP contribution < -0.4 is 4.74 Å². The lowest BCUT2D eigenvalue weighted by atomic mass is 10.2. The van der Waals surface area contributed by atoms with Gasteiger partial charge in [0.2, 0.25) is 0 Å². The predicted molar refractivity (Wildman–Crippen MR) is 42.7 cm³/mol. The van der Waals surface area contributed by atoms with Crippen LogP contribution in [-0.4, -0.2) is 12.8 Å². The van der Waals surface area contributed by atoms with Crippen LogP contribution in [0.3, 0.4) is 0 Å². The first-order valence-corrected chi connectivity index (χ1v) is 3.74. The largest absolute Gasteiger partial charge is 0.484 e. The van der Waals surface area contributed by atoms with E-state index in [1.807, 2.05) is 0 Å². The Bertz CT molecular complexity index is 280. The van der Waals surface area contributed by atoms with Gasteiger partial charge in [0.25, 0.3) is 0 Å². The van der Waals surface area contributed by atoms with Gasteiger partial charge >= 0.3 is 6.18 Å². The molecule has 0 atom stereocenters. The summed E-state index contributed by atoms with van der Waals surface area (Å²) < 4.78 is 39.8. The Hall–Kier alpha value is -1.19. The van der Waals surface area contributed by atoms with E-state index in [2.05, 4.69) is 4.74 Å². The molecule has 0 aliphatic rings. The maximum absolute atomic E-state index is 11.7. The third kappa shape index (κ3) is 3.36. The normalized spacial score (nSPS) is 11.4. The molecule has 0 bridgehead atoms. The van der Waals surface area contributed by atoms with E-state index in [-0.39, 0.29) is 5.75 Å². The second-order valence-electron chi connectivity index (χ2n) is 2.67. The molecule has 0 N–H and O–H groups in total. The van der Waals surface area contributed by atoms with Crippen LogP contribution in [0.4, 0.5) is 13.2 Å². The zero-order chi connectivity index (χ0) is 9.90. The molecule has 0 heterocycles. The van der Waals surface area contributed by atoms with Crippen LogP contribution in [0.15, 0.2) is 24.3 Å². The van der Waals surface area contributed by atoms with Crippen LogP contribution in [0.1, 0.15) is 5.56 Å². The minimum absolute atomic E-state index is 0.278. The quantitative estimate of drug-likeness (QED) is 0.696. The molecule has 0 amide bonds. The van der Waals surface area contributed by atoms with E-state index in [4.69, 9.17) is 0 Å². The Morgan fingerprint density at radius 1 is 1.23 bits per heavy atom. The number of benzene rings is 1. The number of rotatable bonds is 2. The van der Waals surface area contributed by atoms with E-state index in [0.717, 1.165) is 0 Å². The van der Waals surface area contributed by atoms with Gasteiger partial charge in [0.1, 0.15) is 5.75 Å². The van der Waals surface area contributed by atoms with Gasteiger partial charge in [-0.3, -0.25) is 0 Å². The molecule has 1 rings (SSSR count). The number of aryl methyl sites for hydroxylation is 1. The first kappa shape index (κ1) is 9.89. The smallest absolute Gasteiger partial charge is 0.422 e. The van der Waals surface area contributed by atoms with Crippen molar-refractivity contribution in [1.82, 2.24) is 0 Å². The number of hydrogen-bond donors (Lipinski definition) is 0. The van der Waals surface area contributed by atoms with E-state index < -0.39 is 12.8 Å². The average molecular weight is 190 g/mol. The lowest BCUT2D eigenvalue weighted by Gasteiger charge is -2.10. The summed E-state index contributed by atoms with van der Waals surface area (Å²) in [5, 5.41) is 0. The standard InChI is InChI=1S/C9H9F3O/c1-7-4-2-3-5-8(7)13-6-9(10,11)12/h2-5H,6H2,1H3. The minimum atomic E-state index is -4.28.